The first kappa shape index (κ1) is 15.9. The number of benzene rings is 2. The summed E-state index contributed by atoms with van der Waals surface area (Å²) in [6, 6.07) is 7.93. The number of nitrogens with one attached hydrogen (secondary N) is 1. The van der Waals surface area contributed by atoms with Gasteiger partial charge in [-0.2, -0.15) is 0 Å². The van der Waals surface area contributed by atoms with E-state index in [4.69, 9.17) is 0 Å². The van der Waals surface area contributed by atoms with E-state index in [-0.39, 0.29) is 11.5 Å². The molecule has 0 aliphatic heterocycles. The van der Waals surface area contributed by atoms with E-state index >= 15 is 0 Å². The van der Waals surface area contributed by atoms with Crippen molar-refractivity contribution in [2.75, 3.05) is 5.32 Å². The molecule has 21 heavy (non-hydrogen) atoms. The Labute approximate surface area is 137 Å². The molecule has 0 unspecified atom stereocenters. The van der Waals surface area contributed by atoms with Crippen molar-refractivity contribution < 1.29 is 9.31 Å². The number of nitro groups is 1. The van der Waals surface area contributed by atoms with Crippen molar-refractivity contribution in [1.82, 2.24) is 0 Å². The van der Waals surface area contributed by atoms with Crippen molar-refractivity contribution in [1.29, 1.82) is 0 Å². The van der Waals surface area contributed by atoms with Gasteiger partial charge in [-0.1, -0.05) is 12.1 Å². The molecule has 4 nitrogen and oxygen atoms in total. The fraction of sp³-hybridized carbons (Fsp3) is 0.143. The second kappa shape index (κ2) is 6.53. The van der Waals surface area contributed by atoms with Crippen LogP contribution in [0.4, 0.5) is 15.8 Å². The average molecular weight is 418 g/mol. The van der Waals surface area contributed by atoms with E-state index < -0.39 is 4.92 Å². The van der Waals surface area contributed by atoms with E-state index in [2.05, 4.69) is 37.2 Å². The summed E-state index contributed by atoms with van der Waals surface area (Å²) in [4.78, 5) is 10.5. The second-order valence-electron chi connectivity index (χ2n) is 4.44. The van der Waals surface area contributed by atoms with E-state index in [0.29, 0.717) is 15.5 Å². The van der Waals surface area contributed by atoms with E-state index in [9.17, 15) is 14.5 Å². The first-order chi connectivity index (χ1) is 9.90. The number of aryl methyl sites for hydroxylation is 1. The lowest BCUT2D eigenvalue weighted by Crippen LogP contribution is -2.03. The summed E-state index contributed by atoms with van der Waals surface area (Å²) in [6.07, 6.45) is 0. The van der Waals surface area contributed by atoms with Crippen molar-refractivity contribution in [3.05, 3.63) is 66.3 Å². The molecule has 0 bridgehead atoms. The van der Waals surface area contributed by atoms with Crippen LogP contribution in [-0.4, -0.2) is 4.92 Å². The van der Waals surface area contributed by atoms with Gasteiger partial charge in [-0.3, -0.25) is 10.1 Å². The lowest BCUT2D eigenvalue weighted by molar-refractivity contribution is -0.385. The van der Waals surface area contributed by atoms with Crippen LogP contribution in [-0.2, 0) is 6.54 Å². The minimum atomic E-state index is -0.437. The maximum Gasteiger partial charge on any atom is 0.283 e. The Morgan fingerprint density at radius 3 is 2.71 bits per heavy atom. The number of rotatable bonds is 4. The maximum absolute atomic E-state index is 13.4. The smallest absolute Gasteiger partial charge is 0.283 e. The molecule has 0 spiro atoms. The topological polar surface area (TPSA) is 55.2 Å². The normalized spacial score (nSPS) is 10.5. The van der Waals surface area contributed by atoms with Gasteiger partial charge in [-0.15, -0.1) is 0 Å². The van der Waals surface area contributed by atoms with Gasteiger partial charge < -0.3 is 5.32 Å². The van der Waals surface area contributed by atoms with Crippen LogP contribution >= 0.6 is 31.9 Å². The molecule has 7 heteroatoms. The van der Waals surface area contributed by atoms with Crippen molar-refractivity contribution >= 4 is 43.2 Å². The molecule has 0 amide bonds. The maximum atomic E-state index is 13.4. The Kier molecular flexibility index (Phi) is 4.95. The number of hydrogen-bond acceptors (Lipinski definition) is 3. The summed E-state index contributed by atoms with van der Waals surface area (Å²) in [6.45, 7) is 2.18. The molecule has 2 rings (SSSR count). The van der Waals surface area contributed by atoms with E-state index in [0.717, 1.165) is 16.8 Å². The van der Waals surface area contributed by atoms with Crippen LogP contribution in [0.2, 0.25) is 0 Å². The fourth-order valence-corrected chi connectivity index (χ4v) is 2.76. The molecule has 1 N–H and O–H groups in total. The minimum Gasteiger partial charge on any atom is -0.381 e. The van der Waals surface area contributed by atoms with Gasteiger partial charge in [-0.25, -0.2) is 4.39 Å². The molecule has 0 atom stereocenters. The molecule has 0 fully saturated rings. The van der Waals surface area contributed by atoms with Gasteiger partial charge in [0, 0.05) is 18.3 Å². The molecule has 0 heterocycles. The van der Waals surface area contributed by atoms with Gasteiger partial charge in [0.2, 0.25) is 0 Å². The zero-order chi connectivity index (χ0) is 15.6. The zero-order valence-electron chi connectivity index (χ0n) is 11.0. The summed E-state index contributed by atoms with van der Waals surface area (Å²) in [5, 5.41) is 14.0. The van der Waals surface area contributed by atoms with Crippen molar-refractivity contribution in [2.45, 2.75) is 13.5 Å². The third-order valence-corrected chi connectivity index (χ3v) is 4.51. The largest absolute Gasteiger partial charge is 0.381 e. The molecule has 2 aromatic carbocycles. The summed E-state index contributed by atoms with van der Waals surface area (Å²) in [5.41, 5.74) is 2.30. The van der Waals surface area contributed by atoms with Crippen LogP contribution in [0.1, 0.15) is 11.1 Å². The lowest BCUT2D eigenvalue weighted by atomic mass is 10.1. The predicted octanol–water partition coefficient (Wildman–Crippen LogP) is 5.18. The molecule has 0 aromatic heterocycles. The Balaban J connectivity index is 2.23. The van der Waals surface area contributed by atoms with Crippen LogP contribution < -0.4 is 5.32 Å². The SMILES string of the molecule is Cc1cc(F)c(Br)cc1NCc1cccc([N+](=O)[O-])c1Br. The van der Waals surface area contributed by atoms with E-state index in [1.807, 2.05) is 0 Å². The number of hydrogen-bond donors (Lipinski definition) is 1. The summed E-state index contributed by atoms with van der Waals surface area (Å²) in [7, 11) is 0. The van der Waals surface area contributed by atoms with Gasteiger partial charge in [0.25, 0.3) is 5.69 Å². The van der Waals surface area contributed by atoms with Crippen molar-refractivity contribution in [3.8, 4) is 0 Å². The standard InChI is InChI=1S/C14H11Br2FN2O2/c1-8-5-11(17)10(15)6-12(8)18-7-9-3-2-4-13(14(9)16)19(20)21/h2-6,18H,7H2,1H3. The second-order valence-corrected chi connectivity index (χ2v) is 6.09. The highest BCUT2D eigenvalue weighted by atomic mass is 79.9. The third-order valence-electron chi connectivity index (χ3n) is 2.99. The first-order valence-corrected chi connectivity index (χ1v) is 7.60. The van der Waals surface area contributed by atoms with Gasteiger partial charge in [0.1, 0.15) is 10.3 Å². The van der Waals surface area contributed by atoms with Gasteiger partial charge in [0.15, 0.2) is 0 Å². The molecule has 0 saturated carbocycles. The molecular weight excluding hydrogens is 407 g/mol. The van der Waals surface area contributed by atoms with Crippen molar-refractivity contribution in [3.63, 3.8) is 0 Å². The Morgan fingerprint density at radius 1 is 1.33 bits per heavy atom. The molecule has 0 saturated heterocycles. The van der Waals surface area contributed by atoms with Crippen LogP contribution in [0.15, 0.2) is 39.3 Å². The predicted molar refractivity (Wildman–Crippen MR) is 87.0 cm³/mol. The van der Waals surface area contributed by atoms with Gasteiger partial charge in [-0.05, 0) is 62.0 Å². The Bertz CT molecular complexity index is 708. The van der Waals surface area contributed by atoms with Gasteiger partial charge >= 0.3 is 0 Å². The van der Waals surface area contributed by atoms with E-state index in [1.54, 1.807) is 25.1 Å². The number of nitro benzene ring substituents is 1. The third kappa shape index (κ3) is 3.59. The highest BCUT2D eigenvalue weighted by Crippen LogP contribution is 2.30. The number of halogens is 3. The Morgan fingerprint density at radius 2 is 2.05 bits per heavy atom. The van der Waals surface area contributed by atoms with Crippen LogP contribution in [0.25, 0.3) is 0 Å². The molecule has 0 aliphatic carbocycles. The summed E-state index contributed by atoms with van der Waals surface area (Å²) in [5.74, 6) is -0.324. The highest BCUT2D eigenvalue weighted by Gasteiger charge is 2.14. The average Bonchev–Trinajstić information content (AvgIpc) is 2.42. The zero-order valence-corrected chi connectivity index (χ0v) is 14.2. The fourth-order valence-electron chi connectivity index (χ4n) is 1.87. The highest BCUT2D eigenvalue weighted by molar-refractivity contribution is 9.11. The summed E-state index contributed by atoms with van der Waals surface area (Å²) >= 11 is 6.39. The van der Waals surface area contributed by atoms with Gasteiger partial charge in [0.05, 0.1) is 9.40 Å². The molecule has 0 aliphatic rings. The number of nitrogens with zero attached hydrogens (tertiary/aromatic N) is 1. The Hall–Kier alpha value is -1.47. The molecule has 2 aromatic rings. The first-order valence-electron chi connectivity index (χ1n) is 6.01. The van der Waals surface area contributed by atoms with Crippen LogP contribution in [0.5, 0.6) is 0 Å². The van der Waals surface area contributed by atoms with Crippen LogP contribution in [0.3, 0.4) is 0 Å². The molecular formula is C14H11Br2FN2O2. The minimum absolute atomic E-state index is 0.0197. The van der Waals surface area contributed by atoms with Crippen molar-refractivity contribution in [2.24, 2.45) is 0 Å². The monoisotopic (exact) mass is 416 g/mol. The molecule has 0 radical (unpaired) electrons. The quantitative estimate of drug-likeness (QED) is 0.550. The lowest BCUT2D eigenvalue weighted by Gasteiger charge is -2.12. The molecule has 110 valence electrons. The van der Waals surface area contributed by atoms with Crippen LogP contribution in [0, 0.1) is 22.9 Å². The summed E-state index contributed by atoms with van der Waals surface area (Å²) < 4.78 is 14.2. The van der Waals surface area contributed by atoms with E-state index in [1.165, 1.54) is 12.1 Å². The number of anilines is 1.